The summed E-state index contributed by atoms with van der Waals surface area (Å²) in [7, 11) is 0. The van der Waals surface area contributed by atoms with Gasteiger partial charge in [-0.3, -0.25) is 9.59 Å². The highest BCUT2D eigenvalue weighted by Gasteiger charge is 2.49. The number of hydrogen-bond donors (Lipinski definition) is 1. The summed E-state index contributed by atoms with van der Waals surface area (Å²) in [6.45, 7) is 1.50. The van der Waals surface area contributed by atoms with Crippen molar-refractivity contribution in [2.45, 2.75) is 32.0 Å². The largest absolute Gasteiger partial charge is 0.465 e. The van der Waals surface area contributed by atoms with Crippen LogP contribution in [0.1, 0.15) is 19.8 Å². The van der Waals surface area contributed by atoms with Gasteiger partial charge in [-0.25, -0.2) is 0 Å². The van der Waals surface area contributed by atoms with Crippen molar-refractivity contribution in [3.8, 4) is 0 Å². The van der Waals surface area contributed by atoms with Gasteiger partial charge in [0.1, 0.15) is 6.10 Å². The molecule has 1 aliphatic heterocycles. The molecule has 0 aromatic rings. The standard InChI is InChI=1S/C10H14O5/c1-5(11)14-4-7-6-2-10(13)15-9(6)3-8(7)12/h6-9,12H,2-4H2,1H3/t6-,7-,8-,9+/m1/s1. The summed E-state index contributed by atoms with van der Waals surface area (Å²) in [5, 5.41) is 9.71. The Morgan fingerprint density at radius 1 is 1.67 bits per heavy atom. The Kier molecular flexibility index (Phi) is 2.65. The molecule has 1 N–H and O–H groups in total. The van der Waals surface area contributed by atoms with E-state index >= 15 is 0 Å². The van der Waals surface area contributed by atoms with Gasteiger partial charge in [0.15, 0.2) is 0 Å². The minimum Gasteiger partial charge on any atom is -0.465 e. The fourth-order valence-corrected chi connectivity index (χ4v) is 2.42. The number of aliphatic hydroxyl groups excluding tert-OH is 1. The van der Waals surface area contributed by atoms with Gasteiger partial charge in [0, 0.05) is 25.2 Å². The predicted octanol–water partition coefficient (Wildman–Crippen LogP) is -0.138. The SMILES string of the molecule is CC(=O)OC[C@@H]1[C@H]2CC(=O)O[C@H]2C[C@H]1O. The summed E-state index contributed by atoms with van der Waals surface area (Å²) in [5.74, 6) is -0.738. The second kappa shape index (κ2) is 3.81. The number of rotatable bonds is 2. The van der Waals surface area contributed by atoms with Crippen molar-refractivity contribution >= 4 is 11.9 Å². The van der Waals surface area contributed by atoms with E-state index in [0.717, 1.165) is 0 Å². The normalized spacial score (nSPS) is 38.7. The molecule has 2 rings (SSSR count). The average molecular weight is 214 g/mol. The van der Waals surface area contributed by atoms with Crippen LogP contribution in [-0.4, -0.2) is 35.9 Å². The first-order valence-corrected chi connectivity index (χ1v) is 5.09. The van der Waals surface area contributed by atoms with Gasteiger partial charge in [-0.2, -0.15) is 0 Å². The maximum absolute atomic E-state index is 11.0. The van der Waals surface area contributed by atoms with Gasteiger partial charge >= 0.3 is 11.9 Å². The van der Waals surface area contributed by atoms with Crippen LogP contribution in [0.15, 0.2) is 0 Å². The molecule has 84 valence electrons. The molecule has 0 radical (unpaired) electrons. The molecular weight excluding hydrogens is 200 g/mol. The van der Waals surface area contributed by atoms with E-state index in [4.69, 9.17) is 9.47 Å². The van der Waals surface area contributed by atoms with Crippen LogP contribution in [0.2, 0.25) is 0 Å². The zero-order chi connectivity index (χ0) is 11.0. The molecule has 1 saturated heterocycles. The Balaban J connectivity index is 1.97. The molecular formula is C10H14O5. The first-order chi connectivity index (χ1) is 7.08. The van der Waals surface area contributed by atoms with Crippen LogP contribution in [0.5, 0.6) is 0 Å². The molecule has 4 atom stereocenters. The monoisotopic (exact) mass is 214 g/mol. The van der Waals surface area contributed by atoms with Gasteiger partial charge in [-0.05, 0) is 0 Å². The van der Waals surface area contributed by atoms with Crippen molar-refractivity contribution in [2.75, 3.05) is 6.61 Å². The van der Waals surface area contributed by atoms with Crippen LogP contribution in [0.3, 0.4) is 0 Å². The highest BCUT2D eigenvalue weighted by atomic mass is 16.6. The minimum absolute atomic E-state index is 0.00634. The zero-order valence-corrected chi connectivity index (χ0v) is 8.51. The van der Waals surface area contributed by atoms with E-state index in [9.17, 15) is 14.7 Å². The van der Waals surface area contributed by atoms with E-state index < -0.39 is 6.10 Å². The van der Waals surface area contributed by atoms with Crippen molar-refractivity contribution < 1.29 is 24.2 Å². The first-order valence-electron chi connectivity index (χ1n) is 5.09. The van der Waals surface area contributed by atoms with Crippen molar-refractivity contribution in [1.82, 2.24) is 0 Å². The molecule has 2 aliphatic rings. The number of aliphatic hydroxyl groups is 1. The topological polar surface area (TPSA) is 72.8 Å². The number of esters is 2. The third-order valence-electron chi connectivity index (χ3n) is 3.16. The maximum Gasteiger partial charge on any atom is 0.306 e. The van der Waals surface area contributed by atoms with Crippen molar-refractivity contribution in [3.63, 3.8) is 0 Å². The molecule has 5 nitrogen and oxygen atoms in total. The molecule has 0 aromatic heterocycles. The molecule has 2 fully saturated rings. The second-order valence-electron chi connectivity index (χ2n) is 4.17. The van der Waals surface area contributed by atoms with Crippen LogP contribution in [0.4, 0.5) is 0 Å². The fourth-order valence-electron chi connectivity index (χ4n) is 2.42. The summed E-state index contributed by atoms with van der Waals surface area (Å²) in [4.78, 5) is 21.7. The summed E-state index contributed by atoms with van der Waals surface area (Å²) >= 11 is 0. The molecule has 0 unspecified atom stereocenters. The van der Waals surface area contributed by atoms with E-state index in [1.54, 1.807) is 0 Å². The highest BCUT2D eigenvalue weighted by molar-refractivity contribution is 5.72. The average Bonchev–Trinajstić information content (AvgIpc) is 2.57. The molecule has 5 heteroatoms. The third kappa shape index (κ3) is 1.97. The van der Waals surface area contributed by atoms with E-state index in [-0.39, 0.29) is 36.5 Å². The summed E-state index contributed by atoms with van der Waals surface area (Å²) < 4.78 is 9.93. The van der Waals surface area contributed by atoms with E-state index in [0.29, 0.717) is 12.8 Å². The molecule has 1 saturated carbocycles. The van der Waals surface area contributed by atoms with E-state index in [1.165, 1.54) is 6.92 Å². The highest BCUT2D eigenvalue weighted by Crippen LogP contribution is 2.41. The Morgan fingerprint density at radius 3 is 3.07 bits per heavy atom. The van der Waals surface area contributed by atoms with Crippen molar-refractivity contribution in [2.24, 2.45) is 11.8 Å². The summed E-state index contributed by atoms with van der Waals surface area (Å²) in [6, 6.07) is 0. The summed E-state index contributed by atoms with van der Waals surface area (Å²) in [6.07, 6.45) is 0.0659. The van der Waals surface area contributed by atoms with Gasteiger partial charge in [-0.15, -0.1) is 0 Å². The molecule has 0 bridgehead atoms. The minimum atomic E-state index is -0.535. The number of carbonyl (C=O) groups excluding carboxylic acids is 2. The maximum atomic E-state index is 11.0. The Bertz CT molecular complexity index is 288. The lowest BCUT2D eigenvalue weighted by Gasteiger charge is -2.18. The van der Waals surface area contributed by atoms with Crippen molar-refractivity contribution in [3.05, 3.63) is 0 Å². The van der Waals surface area contributed by atoms with E-state index in [1.807, 2.05) is 0 Å². The molecule has 1 aliphatic carbocycles. The quantitative estimate of drug-likeness (QED) is 0.648. The smallest absolute Gasteiger partial charge is 0.306 e. The third-order valence-corrected chi connectivity index (χ3v) is 3.16. The number of ether oxygens (including phenoxy) is 2. The lowest BCUT2D eigenvalue weighted by Crippen LogP contribution is -2.26. The Labute approximate surface area is 87.4 Å². The van der Waals surface area contributed by atoms with Crippen LogP contribution in [0.25, 0.3) is 0 Å². The fraction of sp³-hybridized carbons (Fsp3) is 0.800. The van der Waals surface area contributed by atoms with Gasteiger partial charge in [0.25, 0.3) is 0 Å². The first kappa shape index (κ1) is 10.4. The lowest BCUT2D eigenvalue weighted by atomic mass is 9.93. The predicted molar refractivity (Wildman–Crippen MR) is 48.7 cm³/mol. The number of hydrogen-bond acceptors (Lipinski definition) is 5. The van der Waals surface area contributed by atoms with Gasteiger partial charge in [-0.1, -0.05) is 0 Å². The van der Waals surface area contributed by atoms with Gasteiger partial charge in [0.2, 0.25) is 0 Å². The molecule has 0 aromatic carbocycles. The Hall–Kier alpha value is -1.10. The van der Waals surface area contributed by atoms with E-state index in [2.05, 4.69) is 0 Å². The molecule has 1 heterocycles. The lowest BCUT2D eigenvalue weighted by molar-refractivity contribution is -0.143. The van der Waals surface area contributed by atoms with Crippen LogP contribution in [0, 0.1) is 11.8 Å². The molecule has 15 heavy (non-hydrogen) atoms. The second-order valence-corrected chi connectivity index (χ2v) is 4.17. The van der Waals surface area contributed by atoms with Crippen LogP contribution >= 0.6 is 0 Å². The summed E-state index contributed by atoms with van der Waals surface area (Å²) in [5.41, 5.74) is 0. The van der Waals surface area contributed by atoms with Crippen molar-refractivity contribution in [1.29, 1.82) is 0 Å². The number of fused-ring (bicyclic) bond motifs is 1. The van der Waals surface area contributed by atoms with Gasteiger partial charge in [0.05, 0.1) is 19.1 Å². The number of carbonyl (C=O) groups is 2. The van der Waals surface area contributed by atoms with Crippen LogP contribution in [-0.2, 0) is 19.1 Å². The van der Waals surface area contributed by atoms with Crippen LogP contribution < -0.4 is 0 Å². The van der Waals surface area contributed by atoms with Gasteiger partial charge < -0.3 is 14.6 Å². The molecule has 0 amide bonds. The Morgan fingerprint density at radius 2 is 2.40 bits per heavy atom. The molecule has 0 spiro atoms. The zero-order valence-electron chi connectivity index (χ0n) is 8.51.